The number of esters is 1. The lowest BCUT2D eigenvalue weighted by atomic mass is 10.0. The van der Waals surface area contributed by atoms with Crippen molar-refractivity contribution in [3.05, 3.63) is 28.6 Å². The van der Waals surface area contributed by atoms with Crippen molar-refractivity contribution >= 4 is 49.2 Å². The minimum Gasteiger partial charge on any atom is -0.465 e. The van der Waals surface area contributed by atoms with Crippen LogP contribution in [-0.2, 0) is 35.5 Å². The lowest BCUT2D eigenvalue weighted by Crippen LogP contribution is -2.42. The number of sulfone groups is 1. The van der Waals surface area contributed by atoms with Crippen LogP contribution in [-0.4, -0.2) is 66.9 Å². The van der Waals surface area contributed by atoms with Gasteiger partial charge in [0.2, 0.25) is 5.91 Å². The van der Waals surface area contributed by atoms with Gasteiger partial charge in [-0.1, -0.05) is 24.3 Å². The Bertz CT molecular complexity index is 1230. The molecule has 0 bridgehead atoms. The van der Waals surface area contributed by atoms with Gasteiger partial charge in [0.15, 0.2) is 14.6 Å². The van der Waals surface area contributed by atoms with Crippen LogP contribution in [0.25, 0.3) is 10.2 Å². The van der Waals surface area contributed by atoms with E-state index in [-0.39, 0.29) is 18.0 Å². The molecule has 1 unspecified atom stereocenters. The quantitative estimate of drug-likeness (QED) is 0.540. The Hall–Kier alpha value is -2.53. The molecule has 180 valence electrons. The fraction of sp³-hybridized carbons (Fsp3) is 0.545. The van der Waals surface area contributed by atoms with E-state index in [0.29, 0.717) is 24.5 Å². The van der Waals surface area contributed by atoms with Gasteiger partial charge in [-0.05, 0) is 50.3 Å². The van der Waals surface area contributed by atoms with E-state index in [9.17, 15) is 22.8 Å². The third-order valence-electron chi connectivity index (χ3n) is 5.35. The van der Waals surface area contributed by atoms with Crippen molar-refractivity contribution in [2.45, 2.75) is 40.2 Å². The molecule has 11 heteroatoms. The van der Waals surface area contributed by atoms with Crippen LogP contribution in [0.5, 0.6) is 0 Å². The predicted octanol–water partition coefficient (Wildman–Crippen LogP) is 1.67. The fourth-order valence-corrected chi connectivity index (χ4v) is 6.07. The second-order valence-corrected chi connectivity index (χ2v) is 11.4. The molecule has 0 spiro atoms. The van der Waals surface area contributed by atoms with Crippen molar-refractivity contribution in [1.29, 1.82) is 0 Å². The molecule has 2 heterocycles. The number of hydrogen-bond donors (Lipinski definition) is 0. The molecule has 2 amide bonds. The van der Waals surface area contributed by atoms with Gasteiger partial charge in [0, 0.05) is 13.1 Å². The lowest BCUT2D eigenvalue weighted by Gasteiger charge is -2.30. The minimum absolute atomic E-state index is 0.151. The number of aryl methyl sites for hydroxylation is 1. The van der Waals surface area contributed by atoms with Gasteiger partial charge >= 0.3 is 5.97 Å². The molecule has 0 aliphatic carbocycles. The smallest absolute Gasteiger partial charge is 0.326 e. The maximum atomic E-state index is 12.6. The van der Waals surface area contributed by atoms with Crippen molar-refractivity contribution in [3.63, 3.8) is 0 Å². The third kappa shape index (κ3) is 6.73. The number of benzene rings is 1. The molecule has 1 saturated heterocycles. The van der Waals surface area contributed by atoms with Gasteiger partial charge in [0.05, 0.1) is 16.8 Å². The normalized spacial score (nSPS) is 17.4. The number of ether oxygens (including phenoxy) is 1. The van der Waals surface area contributed by atoms with E-state index in [1.807, 2.05) is 32.0 Å². The summed E-state index contributed by atoms with van der Waals surface area (Å²) < 4.78 is 32.4. The SMILES string of the molecule is CCOC(=O)Cn1c(=NC(=O)CS(=O)(=O)CC(=O)N2CCCC(C)C2)sc2cc(C)ccc21. The van der Waals surface area contributed by atoms with E-state index >= 15 is 0 Å². The van der Waals surface area contributed by atoms with Crippen molar-refractivity contribution in [2.75, 3.05) is 31.2 Å². The summed E-state index contributed by atoms with van der Waals surface area (Å²) in [4.78, 5) is 42.8. The molecular weight excluding hydrogens is 466 g/mol. The first kappa shape index (κ1) is 25.1. The Labute approximate surface area is 197 Å². The molecule has 0 radical (unpaired) electrons. The summed E-state index contributed by atoms with van der Waals surface area (Å²) in [5.41, 5.74) is 1.69. The summed E-state index contributed by atoms with van der Waals surface area (Å²) in [5.74, 6) is -3.10. The standard InChI is InChI=1S/C22H29N3O6S2/c1-4-31-21(28)12-25-17-8-7-15(2)10-18(17)32-22(25)23-19(26)13-33(29,30)14-20(27)24-9-5-6-16(3)11-24/h7-8,10,16H,4-6,9,11-14H2,1-3H3. The molecule has 33 heavy (non-hydrogen) atoms. The zero-order valence-corrected chi connectivity index (χ0v) is 20.7. The van der Waals surface area contributed by atoms with Gasteiger partial charge in [0.1, 0.15) is 18.1 Å². The number of hydrogen-bond acceptors (Lipinski definition) is 7. The van der Waals surface area contributed by atoms with Gasteiger partial charge in [-0.3, -0.25) is 14.4 Å². The van der Waals surface area contributed by atoms with E-state index in [0.717, 1.165) is 23.1 Å². The Morgan fingerprint density at radius 1 is 1.24 bits per heavy atom. The Morgan fingerprint density at radius 2 is 2.00 bits per heavy atom. The molecule has 1 aromatic heterocycles. The molecule has 1 aromatic carbocycles. The summed E-state index contributed by atoms with van der Waals surface area (Å²) in [6, 6.07) is 5.60. The molecule has 9 nitrogen and oxygen atoms in total. The van der Waals surface area contributed by atoms with Crippen LogP contribution in [0.4, 0.5) is 0 Å². The first-order valence-corrected chi connectivity index (χ1v) is 13.5. The molecule has 2 aromatic rings. The number of piperidine rings is 1. The van der Waals surface area contributed by atoms with Crippen LogP contribution in [0, 0.1) is 12.8 Å². The molecule has 1 fully saturated rings. The van der Waals surface area contributed by atoms with Crippen molar-refractivity contribution < 1.29 is 27.5 Å². The summed E-state index contributed by atoms with van der Waals surface area (Å²) >= 11 is 1.19. The average Bonchev–Trinajstić information content (AvgIpc) is 3.03. The number of carbonyl (C=O) groups excluding carboxylic acids is 3. The van der Waals surface area contributed by atoms with Crippen LogP contribution in [0.2, 0.25) is 0 Å². The largest absolute Gasteiger partial charge is 0.465 e. The lowest BCUT2D eigenvalue weighted by molar-refractivity contribution is -0.143. The predicted molar refractivity (Wildman–Crippen MR) is 125 cm³/mol. The van der Waals surface area contributed by atoms with Crippen LogP contribution in [0.15, 0.2) is 23.2 Å². The second-order valence-electron chi connectivity index (χ2n) is 8.37. The summed E-state index contributed by atoms with van der Waals surface area (Å²) in [6.07, 6.45) is 1.85. The number of thiazole rings is 1. The number of nitrogens with zero attached hydrogens (tertiary/aromatic N) is 3. The number of aromatic nitrogens is 1. The van der Waals surface area contributed by atoms with Crippen LogP contribution >= 0.6 is 11.3 Å². The third-order valence-corrected chi connectivity index (χ3v) is 7.76. The zero-order valence-electron chi connectivity index (χ0n) is 19.1. The Balaban J connectivity index is 1.81. The van der Waals surface area contributed by atoms with E-state index < -0.39 is 39.1 Å². The number of rotatable bonds is 7. The molecule has 1 aliphatic rings. The van der Waals surface area contributed by atoms with Gasteiger partial charge in [-0.15, -0.1) is 0 Å². The maximum Gasteiger partial charge on any atom is 0.326 e. The highest BCUT2D eigenvalue weighted by Gasteiger charge is 2.27. The van der Waals surface area contributed by atoms with Crippen molar-refractivity contribution in [2.24, 2.45) is 10.9 Å². The van der Waals surface area contributed by atoms with E-state index in [1.165, 1.54) is 11.3 Å². The monoisotopic (exact) mass is 495 g/mol. The Morgan fingerprint density at radius 3 is 2.70 bits per heavy atom. The summed E-state index contributed by atoms with van der Waals surface area (Å²) in [7, 11) is -3.98. The minimum atomic E-state index is -3.98. The number of carbonyl (C=O) groups is 3. The molecule has 3 rings (SSSR count). The maximum absolute atomic E-state index is 12.6. The first-order valence-electron chi connectivity index (χ1n) is 10.9. The van der Waals surface area contributed by atoms with E-state index in [1.54, 1.807) is 16.4 Å². The summed E-state index contributed by atoms with van der Waals surface area (Å²) in [6.45, 7) is 6.77. The van der Waals surface area contributed by atoms with Gasteiger partial charge in [-0.2, -0.15) is 4.99 Å². The first-order chi connectivity index (χ1) is 15.6. The van der Waals surface area contributed by atoms with Gasteiger partial charge in [0.25, 0.3) is 5.91 Å². The number of amides is 2. The molecule has 1 atom stereocenters. The highest BCUT2D eigenvalue weighted by molar-refractivity contribution is 7.92. The molecule has 0 saturated carbocycles. The van der Waals surface area contributed by atoms with Gasteiger partial charge in [-0.25, -0.2) is 8.42 Å². The second kappa shape index (κ2) is 10.6. The summed E-state index contributed by atoms with van der Waals surface area (Å²) in [5, 5.41) is 0. The van der Waals surface area contributed by atoms with Gasteiger partial charge < -0.3 is 14.2 Å². The number of fused-ring (bicyclic) bond motifs is 1. The Kier molecular flexibility index (Phi) is 8.06. The van der Waals surface area contributed by atoms with Crippen molar-refractivity contribution in [3.8, 4) is 0 Å². The molecule has 1 aliphatic heterocycles. The average molecular weight is 496 g/mol. The highest BCUT2D eigenvalue weighted by Crippen LogP contribution is 2.19. The molecule has 0 N–H and O–H groups in total. The number of likely N-dealkylation sites (tertiary alicyclic amines) is 1. The van der Waals surface area contributed by atoms with Crippen molar-refractivity contribution in [1.82, 2.24) is 9.47 Å². The zero-order chi connectivity index (χ0) is 24.2. The topological polar surface area (TPSA) is 115 Å². The van der Waals surface area contributed by atoms with Crippen LogP contribution in [0.3, 0.4) is 0 Å². The van der Waals surface area contributed by atoms with Crippen LogP contribution < -0.4 is 4.80 Å². The fourth-order valence-electron chi connectivity index (χ4n) is 3.83. The van der Waals surface area contributed by atoms with Crippen LogP contribution in [0.1, 0.15) is 32.3 Å². The highest BCUT2D eigenvalue weighted by atomic mass is 32.2. The van der Waals surface area contributed by atoms with E-state index in [2.05, 4.69) is 4.99 Å². The van der Waals surface area contributed by atoms with E-state index in [4.69, 9.17) is 4.74 Å². The molecular formula is C22H29N3O6S2.